The Labute approximate surface area is 115 Å². The molecule has 0 fully saturated rings. The summed E-state index contributed by atoms with van der Waals surface area (Å²) in [5.41, 5.74) is 3.08. The maximum Gasteiger partial charge on any atom is 0.271 e. The van der Waals surface area contributed by atoms with Gasteiger partial charge in [0, 0.05) is 24.9 Å². The molecule has 2 N–H and O–H groups in total. The zero-order valence-corrected chi connectivity index (χ0v) is 11.4. The fourth-order valence-electron chi connectivity index (χ4n) is 1.47. The summed E-state index contributed by atoms with van der Waals surface area (Å²) in [6.45, 7) is 3.29. The van der Waals surface area contributed by atoms with Crippen LogP contribution < -0.4 is 10.6 Å². The molecule has 100 valence electrons. The number of hydrogen-bond donors (Lipinski definition) is 2. The summed E-state index contributed by atoms with van der Waals surface area (Å²) in [5, 5.41) is 7.78. The standard InChI is InChI=1S/C12H15N5OS/c1-2-13-11-6-15-10(5-16-11)12(18)14-4-3-9-7-19-8-17-9/h5-8H,2-4H2,1H3,(H,13,16)(H,14,18). The molecule has 0 aliphatic rings. The minimum absolute atomic E-state index is 0.217. The predicted octanol–water partition coefficient (Wildman–Crippen LogP) is 1.34. The Kier molecular flexibility index (Phi) is 4.79. The summed E-state index contributed by atoms with van der Waals surface area (Å²) < 4.78 is 0. The summed E-state index contributed by atoms with van der Waals surface area (Å²) in [4.78, 5) is 24.1. The topological polar surface area (TPSA) is 79.8 Å². The van der Waals surface area contributed by atoms with Gasteiger partial charge in [0.25, 0.3) is 5.91 Å². The molecule has 6 nitrogen and oxygen atoms in total. The molecule has 1 amide bonds. The van der Waals surface area contributed by atoms with Gasteiger partial charge < -0.3 is 10.6 Å². The predicted molar refractivity (Wildman–Crippen MR) is 74.3 cm³/mol. The van der Waals surface area contributed by atoms with Crippen LogP contribution in [0.4, 0.5) is 5.82 Å². The molecular formula is C12H15N5OS. The van der Waals surface area contributed by atoms with E-state index >= 15 is 0 Å². The minimum atomic E-state index is -0.217. The van der Waals surface area contributed by atoms with E-state index in [4.69, 9.17) is 0 Å². The maximum atomic E-state index is 11.8. The number of anilines is 1. The van der Waals surface area contributed by atoms with Crippen LogP contribution in [0, 0.1) is 0 Å². The molecule has 2 aromatic heterocycles. The van der Waals surface area contributed by atoms with Gasteiger partial charge in [0.1, 0.15) is 11.5 Å². The van der Waals surface area contributed by atoms with Gasteiger partial charge in [0.15, 0.2) is 0 Å². The lowest BCUT2D eigenvalue weighted by atomic mass is 10.3. The molecule has 2 aromatic rings. The first-order chi connectivity index (χ1) is 9.29. The number of nitrogens with zero attached hydrogens (tertiary/aromatic N) is 3. The third kappa shape index (κ3) is 3.99. The molecule has 0 aromatic carbocycles. The van der Waals surface area contributed by atoms with Crippen molar-refractivity contribution < 1.29 is 4.79 Å². The Bertz CT molecular complexity index is 511. The Morgan fingerprint density at radius 3 is 2.84 bits per heavy atom. The van der Waals surface area contributed by atoms with Crippen molar-refractivity contribution in [2.75, 3.05) is 18.4 Å². The van der Waals surface area contributed by atoms with Gasteiger partial charge in [-0.1, -0.05) is 0 Å². The first-order valence-electron chi connectivity index (χ1n) is 6.00. The molecule has 0 radical (unpaired) electrons. The van der Waals surface area contributed by atoms with Crippen LogP contribution in [0.1, 0.15) is 23.1 Å². The van der Waals surface area contributed by atoms with Crippen LogP contribution in [0.25, 0.3) is 0 Å². The zero-order valence-electron chi connectivity index (χ0n) is 10.6. The largest absolute Gasteiger partial charge is 0.369 e. The molecule has 0 saturated carbocycles. The van der Waals surface area contributed by atoms with E-state index in [9.17, 15) is 4.79 Å². The Hall–Kier alpha value is -2.02. The summed E-state index contributed by atoms with van der Waals surface area (Å²) in [5.74, 6) is 0.451. The van der Waals surface area contributed by atoms with Gasteiger partial charge in [0.2, 0.25) is 0 Å². The third-order valence-corrected chi connectivity index (χ3v) is 3.03. The molecule has 0 unspecified atom stereocenters. The van der Waals surface area contributed by atoms with Crippen LogP contribution in [0.2, 0.25) is 0 Å². The van der Waals surface area contributed by atoms with Gasteiger partial charge in [-0.05, 0) is 6.92 Å². The molecule has 7 heteroatoms. The van der Waals surface area contributed by atoms with Crippen molar-refractivity contribution in [2.24, 2.45) is 0 Å². The lowest BCUT2D eigenvalue weighted by Crippen LogP contribution is -2.26. The second kappa shape index (κ2) is 6.79. The van der Waals surface area contributed by atoms with Crippen molar-refractivity contribution in [3.05, 3.63) is 34.7 Å². The van der Waals surface area contributed by atoms with Gasteiger partial charge in [-0.2, -0.15) is 0 Å². The molecule has 19 heavy (non-hydrogen) atoms. The van der Waals surface area contributed by atoms with E-state index in [0.29, 0.717) is 18.1 Å². The number of carbonyl (C=O) groups is 1. The van der Waals surface area contributed by atoms with Crippen molar-refractivity contribution in [3.8, 4) is 0 Å². The van der Waals surface area contributed by atoms with Crippen LogP contribution >= 0.6 is 11.3 Å². The fraction of sp³-hybridized carbons (Fsp3) is 0.333. The number of nitrogens with one attached hydrogen (secondary N) is 2. The minimum Gasteiger partial charge on any atom is -0.369 e. The first kappa shape index (κ1) is 13.4. The Balaban J connectivity index is 1.82. The lowest BCUT2D eigenvalue weighted by molar-refractivity contribution is 0.0949. The van der Waals surface area contributed by atoms with Crippen LogP contribution in [0.3, 0.4) is 0 Å². The third-order valence-electron chi connectivity index (χ3n) is 2.39. The van der Waals surface area contributed by atoms with E-state index in [1.165, 1.54) is 6.20 Å². The average Bonchev–Trinajstić information content (AvgIpc) is 2.93. The van der Waals surface area contributed by atoms with E-state index in [1.807, 2.05) is 12.3 Å². The second-order valence-corrected chi connectivity index (χ2v) is 4.52. The van der Waals surface area contributed by atoms with Gasteiger partial charge in [0.05, 0.1) is 23.6 Å². The van der Waals surface area contributed by atoms with E-state index in [-0.39, 0.29) is 5.91 Å². The molecule has 2 heterocycles. The Morgan fingerprint density at radius 1 is 1.32 bits per heavy atom. The number of thiazole rings is 1. The quantitative estimate of drug-likeness (QED) is 0.833. The number of aromatic nitrogens is 3. The van der Waals surface area contributed by atoms with Gasteiger partial charge in [-0.15, -0.1) is 11.3 Å². The normalized spacial score (nSPS) is 10.2. The van der Waals surface area contributed by atoms with Crippen LogP contribution in [-0.2, 0) is 6.42 Å². The van der Waals surface area contributed by atoms with Crippen molar-refractivity contribution in [1.29, 1.82) is 0 Å². The molecule has 0 spiro atoms. The number of rotatable bonds is 6. The van der Waals surface area contributed by atoms with Crippen molar-refractivity contribution in [2.45, 2.75) is 13.3 Å². The van der Waals surface area contributed by atoms with Gasteiger partial charge in [-0.25, -0.2) is 15.0 Å². The number of amides is 1. The highest BCUT2D eigenvalue weighted by Gasteiger charge is 2.07. The maximum absolute atomic E-state index is 11.8. The molecule has 2 rings (SSSR count). The SMILES string of the molecule is CCNc1cnc(C(=O)NCCc2cscn2)cn1. The highest BCUT2D eigenvalue weighted by atomic mass is 32.1. The number of hydrogen-bond acceptors (Lipinski definition) is 6. The Morgan fingerprint density at radius 2 is 2.21 bits per heavy atom. The van der Waals surface area contributed by atoms with Crippen molar-refractivity contribution in [1.82, 2.24) is 20.3 Å². The lowest BCUT2D eigenvalue weighted by Gasteiger charge is -2.04. The van der Waals surface area contributed by atoms with Crippen LogP contribution in [-0.4, -0.2) is 33.9 Å². The molecule has 0 bridgehead atoms. The molecule has 0 saturated heterocycles. The zero-order chi connectivity index (χ0) is 13.5. The highest BCUT2D eigenvalue weighted by molar-refractivity contribution is 7.07. The highest BCUT2D eigenvalue weighted by Crippen LogP contribution is 2.02. The van der Waals surface area contributed by atoms with Crippen molar-refractivity contribution >= 4 is 23.1 Å². The smallest absolute Gasteiger partial charge is 0.271 e. The molecule has 0 aliphatic carbocycles. The average molecular weight is 277 g/mol. The van der Waals surface area contributed by atoms with Crippen molar-refractivity contribution in [3.63, 3.8) is 0 Å². The van der Waals surface area contributed by atoms with Gasteiger partial charge >= 0.3 is 0 Å². The number of carbonyl (C=O) groups excluding carboxylic acids is 1. The fourth-order valence-corrected chi connectivity index (χ4v) is 2.07. The summed E-state index contributed by atoms with van der Waals surface area (Å²) in [6.07, 6.45) is 3.74. The van der Waals surface area contributed by atoms with Crippen LogP contribution in [0.15, 0.2) is 23.3 Å². The van der Waals surface area contributed by atoms with Crippen LogP contribution in [0.5, 0.6) is 0 Å². The van der Waals surface area contributed by atoms with E-state index < -0.39 is 0 Å². The first-order valence-corrected chi connectivity index (χ1v) is 6.95. The summed E-state index contributed by atoms with van der Waals surface area (Å²) in [7, 11) is 0. The monoisotopic (exact) mass is 277 g/mol. The van der Waals surface area contributed by atoms with E-state index in [1.54, 1.807) is 23.0 Å². The van der Waals surface area contributed by atoms with E-state index in [2.05, 4.69) is 25.6 Å². The molecular weight excluding hydrogens is 262 g/mol. The van der Waals surface area contributed by atoms with Gasteiger partial charge in [-0.3, -0.25) is 4.79 Å². The summed E-state index contributed by atoms with van der Waals surface area (Å²) in [6, 6.07) is 0. The van der Waals surface area contributed by atoms with E-state index in [0.717, 1.165) is 18.7 Å². The molecule has 0 aliphatic heterocycles. The summed E-state index contributed by atoms with van der Waals surface area (Å²) >= 11 is 1.55. The second-order valence-electron chi connectivity index (χ2n) is 3.80. The molecule has 0 atom stereocenters.